The summed E-state index contributed by atoms with van der Waals surface area (Å²) in [6, 6.07) is 0. The zero-order valence-electron chi connectivity index (χ0n) is 21.7. The molecule has 0 saturated heterocycles. The Morgan fingerprint density at radius 1 is 0.844 bits per heavy atom. The number of hydrogen-bond donors (Lipinski definition) is 1. The summed E-state index contributed by atoms with van der Waals surface area (Å²) in [6.45, 7) is 19.2. The van der Waals surface area contributed by atoms with Crippen molar-refractivity contribution in [1.82, 2.24) is 0 Å². The fraction of sp³-hybridized carbons (Fsp3) is 0.900. The van der Waals surface area contributed by atoms with E-state index in [0.717, 1.165) is 31.6 Å². The Bertz CT molecular complexity index is 814. The van der Waals surface area contributed by atoms with Crippen LogP contribution in [0.15, 0.2) is 12.2 Å². The second-order valence-corrected chi connectivity index (χ2v) is 14.4. The molecular weight excluding hydrogens is 392 g/mol. The lowest BCUT2D eigenvalue weighted by Crippen LogP contribution is -2.66. The number of aliphatic hydroxyl groups is 1. The summed E-state index contributed by atoms with van der Waals surface area (Å²) in [5, 5.41) is 10.9. The van der Waals surface area contributed by atoms with Gasteiger partial charge in [-0.05, 0) is 122 Å². The lowest BCUT2D eigenvalue weighted by Gasteiger charge is -2.72. The number of aliphatic hydroxyl groups excluding tert-OH is 1. The number of fused-ring (bicyclic) bond motifs is 7. The first kappa shape index (κ1) is 23.1. The van der Waals surface area contributed by atoms with Gasteiger partial charge in [-0.1, -0.05) is 46.8 Å². The Balaban J connectivity index is 1.56. The maximum Gasteiger partial charge on any atom is 0.126 e. The van der Waals surface area contributed by atoms with Crippen molar-refractivity contribution in [2.45, 2.75) is 112 Å². The molecule has 5 fully saturated rings. The first-order valence-electron chi connectivity index (χ1n) is 13.7. The molecule has 5 aliphatic carbocycles. The summed E-state index contributed by atoms with van der Waals surface area (Å²) in [7, 11) is 0. The molecule has 2 heteroatoms. The van der Waals surface area contributed by atoms with E-state index in [9.17, 15) is 9.90 Å². The van der Waals surface area contributed by atoms with Crippen molar-refractivity contribution < 1.29 is 9.90 Å². The van der Waals surface area contributed by atoms with Crippen molar-refractivity contribution in [1.29, 1.82) is 0 Å². The molecule has 180 valence electrons. The van der Waals surface area contributed by atoms with E-state index in [2.05, 4.69) is 48.1 Å². The van der Waals surface area contributed by atoms with E-state index in [0.29, 0.717) is 39.9 Å². The minimum absolute atomic E-state index is 0.0157. The number of hydrogen-bond acceptors (Lipinski definition) is 2. The fourth-order valence-electron chi connectivity index (χ4n) is 11.4. The maximum atomic E-state index is 12.6. The van der Waals surface area contributed by atoms with Crippen molar-refractivity contribution in [3.05, 3.63) is 12.2 Å². The lowest BCUT2D eigenvalue weighted by molar-refractivity contribution is -0.245. The van der Waals surface area contributed by atoms with Crippen LogP contribution in [0.5, 0.6) is 0 Å². The van der Waals surface area contributed by atoms with E-state index < -0.39 is 0 Å². The average Bonchev–Trinajstić information content (AvgIpc) is 3.12. The van der Waals surface area contributed by atoms with Gasteiger partial charge in [-0.25, -0.2) is 0 Å². The highest BCUT2D eigenvalue weighted by Crippen LogP contribution is 2.77. The van der Waals surface area contributed by atoms with Crippen molar-refractivity contribution in [2.75, 3.05) is 0 Å². The van der Waals surface area contributed by atoms with Gasteiger partial charge in [0.2, 0.25) is 0 Å². The summed E-state index contributed by atoms with van der Waals surface area (Å²) < 4.78 is 0. The minimum atomic E-state index is -0.158. The number of carbonyl (C=O) groups excluding carboxylic acids is 1. The Morgan fingerprint density at radius 2 is 1.56 bits per heavy atom. The second kappa shape index (κ2) is 6.96. The molecule has 0 bridgehead atoms. The predicted octanol–water partition coefficient (Wildman–Crippen LogP) is 7.20. The fourth-order valence-corrected chi connectivity index (χ4v) is 11.4. The molecule has 0 spiro atoms. The van der Waals surface area contributed by atoms with E-state index >= 15 is 0 Å². The van der Waals surface area contributed by atoms with Crippen molar-refractivity contribution in [3.63, 3.8) is 0 Å². The third kappa shape index (κ3) is 2.60. The topological polar surface area (TPSA) is 37.3 Å². The predicted molar refractivity (Wildman–Crippen MR) is 131 cm³/mol. The molecule has 0 aromatic carbocycles. The smallest absolute Gasteiger partial charge is 0.126 e. The van der Waals surface area contributed by atoms with E-state index in [1.54, 1.807) is 0 Å². The molecule has 2 nitrogen and oxygen atoms in total. The van der Waals surface area contributed by atoms with E-state index in [4.69, 9.17) is 0 Å². The number of allylic oxidation sites excluding steroid dienone is 1. The van der Waals surface area contributed by atoms with Gasteiger partial charge in [0.1, 0.15) is 6.29 Å². The summed E-state index contributed by atoms with van der Waals surface area (Å²) in [5.74, 6) is 3.03. The van der Waals surface area contributed by atoms with Crippen molar-refractivity contribution in [2.24, 2.45) is 56.7 Å². The molecule has 0 heterocycles. The standard InChI is InChI=1S/C30H48O2/c1-19(2)20-10-15-30(18-31)17-16-28(6)21(25(20)30)8-9-23-27(5)13-12-24(32)26(3,4)22(27)11-14-29(23,28)7/h18,20-25,32H,1,8-17H2,2-7H3/t20-,21?,22?,23?,24-,25?,27-,28+,29+,30+/m0/s1. The molecule has 0 aromatic heterocycles. The maximum absolute atomic E-state index is 12.6. The van der Waals surface area contributed by atoms with Gasteiger partial charge in [0.25, 0.3) is 0 Å². The van der Waals surface area contributed by atoms with Crippen LogP contribution in [0.1, 0.15) is 106 Å². The van der Waals surface area contributed by atoms with Crippen LogP contribution < -0.4 is 0 Å². The largest absolute Gasteiger partial charge is 0.393 e. The van der Waals surface area contributed by atoms with Gasteiger partial charge < -0.3 is 9.90 Å². The summed E-state index contributed by atoms with van der Waals surface area (Å²) in [4.78, 5) is 12.6. The molecule has 0 amide bonds. The van der Waals surface area contributed by atoms with Crippen LogP contribution in [0.4, 0.5) is 0 Å². The van der Waals surface area contributed by atoms with Crippen LogP contribution in [0.3, 0.4) is 0 Å². The highest BCUT2D eigenvalue weighted by atomic mass is 16.3. The van der Waals surface area contributed by atoms with Crippen molar-refractivity contribution in [3.8, 4) is 0 Å². The van der Waals surface area contributed by atoms with Crippen molar-refractivity contribution >= 4 is 6.29 Å². The second-order valence-electron chi connectivity index (χ2n) is 14.4. The minimum Gasteiger partial charge on any atom is -0.393 e. The molecule has 32 heavy (non-hydrogen) atoms. The van der Waals surface area contributed by atoms with Crippen LogP contribution in [-0.2, 0) is 4.79 Å². The molecule has 5 saturated carbocycles. The Kier molecular flexibility index (Phi) is 5.03. The van der Waals surface area contributed by atoms with Gasteiger partial charge in [0.15, 0.2) is 0 Å². The summed E-state index contributed by atoms with van der Waals surface area (Å²) >= 11 is 0. The molecule has 10 atom stereocenters. The molecule has 0 radical (unpaired) electrons. The normalized spacial score (nSPS) is 56.3. The third-order valence-corrected chi connectivity index (χ3v) is 13.3. The molecule has 0 aromatic rings. The zero-order valence-corrected chi connectivity index (χ0v) is 21.7. The van der Waals surface area contributed by atoms with E-state index in [-0.39, 0.29) is 16.9 Å². The molecular formula is C30H48O2. The molecule has 5 rings (SSSR count). The summed E-state index contributed by atoms with van der Waals surface area (Å²) in [6.07, 6.45) is 13.1. The first-order chi connectivity index (χ1) is 14.9. The van der Waals surface area contributed by atoms with Gasteiger partial charge in [0, 0.05) is 5.41 Å². The Hall–Kier alpha value is -0.630. The Morgan fingerprint density at radius 3 is 2.22 bits per heavy atom. The van der Waals surface area contributed by atoms with Gasteiger partial charge >= 0.3 is 0 Å². The van der Waals surface area contributed by atoms with Gasteiger partial charge in [0.05, 0.1) is 6.10 Å². The van der Waals surface area contributed by atoms with E-state index in [1.807, 2.05) is 0 Å². The number of aldehydes is 1. The quantitative estimate of drug-likeness (QED) is 0.364. The van der Waals surface area contributed by atoms with Crippen LogP contribution in [0.25, 0.3) is 0 Å². The van der Waals surface area contributed by atoms with Crippen LogP contribution in [-0.4, -0.2) is 17.5 Å². The van der Waals surface area contributed by atoms with Gasteiger partial charge in [-0.3, -0.25) is 0 Å². The molecule has 4 unspecified atom stereocenters. The molecule has 1 N–H and O–H groups in total. The number of rotatable bonds is 2. The average molecular weight is 441 g/mol. The zero-order chi connectivity index (χ0) is 23.3. The van der Waals surface area contributed by atoms with Crippen LogP contribution >= 0.6 is 0 Å². The monoisotopic (exact) mass is 440 g/mol. The number of carbonyl (C=O) groups is 1. The summed E-state index contributed by atoms with van der Waals surface area (Å²) in [5.41, 5.74) is 2.20. The van der Waals surface area contributed by atoms with Gasteiger partial charge in [-0.15, -0.1) is 0 Å². The van der Waals surface area contributed by atoms with Crippen LogP contribution in [0, 0.1) is 56.7 Å². The molecule has 0 aliphatic heterocycles. The SMILES string of the molecule is C=C(C)[C@@H]1CC[C@]2(C=O)CC[C@]3(C)C(CCC4[C@@]5(C)CC[C@H](O)C(C)(C)C5CC[C@]43C)C12. The molecule has 5 aliphatic rings. The van der Waals surface area contributed by atoms with E-state index in [1.165, 1.54) is 50.4 Å². The lowest BCUT2D eigenvalue weighted by atomic mass is 9.32. The Labute approximate surface area is 197 Å². The highest BCUT2D eigenvalue weighted by Gasteiger charge is 2.70. The van der Waals surface area contributed by atoms with Crippen LogP contribution in [0.2, 0.25) is 0 Å². The van der Waals surface area contributed by atoms with Gasteiger partial charge in [-0.2, -0.15) is 0 Å². The third-order valence-electron chi connectivity index (χ3n) is 13.3. The highest BCUT2D eigenvalue weighted by molar-refractivity contribution is 5.62. The first-order valence-corrected chi connectivity index (χ1v) is 13.7.